The van der Waals surface area contributed by atoms with Crippen molar-refractivity contribution in [2.75, 3.05) is 26.0 Å². The fourth-order valence-corrected chi connectivity index (χ4v) is 2.72. The first-order valence-electron chi connectivity index (χ1n) is 7.03. The molecule has 1 heterocycles. The van der Waals surface area contributed by atoms with E-state index in [-0.39, 0.29) is 5.91 Å². The van der Waals surface area contributed by atoms with Gasteiger partial charge in [-0.2, -0.15) is 0 Å². The Hall–Kier alpha value is -0.810. The summed E-state index contributed by atoms with van der Waals surface area (Å²) >= 11 is 17.7. The molecule has 0 aliphatic carbocycles. The third kappa shape index (κ3) is 4.35. The normalized spacial score (nSPS) is 21.6. The summed E-state index contributed by atoms with van der Waals surface area (Å²) in [4.78, 5) is 16.7. The molecule has 1 saturated heterocycles. The molecule has 1 atom stereocenters. The van der Waals surface area contributed by atoms with Gasteiger partial charge in [0.15, 0.2) is 5.38 Å². The van der Waals surface area contributed by atoms with Gasteiger partial charge in [-0.25, -0.2) is 5.01 Å². The molecule has 0 N–H and O–H groups in total. The summed E-state index contributed by atoms with van der Waals surface area (Å²) in [5.74, 6) is 0.387. The number of hydrogen-bond donors (Lipinski definition) is 0. The van der Waals surface area contributed by atoms with E-state index < -0.39 is 5.38 Å². The van der Waals surface area contributed by atoms with Crippen LogP contribution in [0.4, 0.5) is 0 Å². The van der Waals surface area contributed by atoms with Crippen LogP contribution in [0.1, 0.15) is 12.0 Å². The molecule has 0 radical (unpaired) electrons. The number of benzene rings is 1. The predicted octanol–water partition coefficient (Wildman–Crippen LogP) is 3.21. The lowest BCUT2D eigenvalue weighted by molar-refractivity contribution is -0.145. The molecule has 0 spiro atoms. The van der Waals surface area contributed by atoms with E-state index in [0.717, 1.165) is 12.0 Å². The monoisotopic (exact) mass is 361 g/mol. The molecule has 0 aromatic heterocycles. The Morgan fingerprint density at radius 2 is 2.00 bits per heavy atom. The molecule has 7 heteroatoms. The number of carbonyl (C=O) groups excluding carboxylic acids is 1. The minimum absolute atomic E-state index is 0.161. The molecular formula is C15H18Cl3N3O. The molecule has 0 saturated carbocycles. The van der Waals surface area contributed by atoms with Crippen LogP contribution in [0.15, 0.2) is 29.3 Å². The Kier molecular flexibility index (Phi) is 6.50. The SMILES string of the molecule is CN1C(=O)C(Cl)C(=NCCCCl)CN1Cc1ccc(Cl)cc1. The number of aliphatic imine (C=N–C) groups is 1. The molecule has 2 rings (SSSR count). The van der Waals surface area contributed by atoms with E-state index in [4.69, 9.17) is 34.8 Å². The largest absolute Gasteiger partial charge is 0.291 e. The lowest BCUT2D eigenvalue weighted by Gasteiger charge is -2.38. The summed E-state index contributed by atoms with van der Waals surface area (Å²) < 4.78 is 0. The van der Waals surface area contributed by atoms with Crippen molar-refractivity contribution in [2.24, 2.45) is 4.99 Å². The van der Waals surface area contributed by atoms with Crippen LogP contribution in [0.5, 0.6) is 0 Å². The van der Waals surface area contributed by atoms with Gasteiger partial charge >= 0.3 is 0 Å². The zero-order chi connectivity index (χ0) is 16.1. The van der Waals surface area contributed by atoms with E-state index in [1.807, 2.05) is 29.3 Å². The number of hydrogen-bond acceptors (Lipinski definition) is 3. The van der Waals surface area contributed by atoms with Crippen molar-refractivity contribution in [3.8, 4) is 0 Å². The van der Waals surface area contributed by atoms with Gasteiger partial charge in [-0.05, 0) is 24.1 Å². The summed E-state index contributed by atoms with van der Waals surface area (Å²) in [5.41, 5.74) is 1.76. The third-order valence-corrected chi connectivity index (χ3v) is 4.44. The van der Waals surface area contributed by atoms with Crippen molar-refractivity contribution in [2.45, 2.75) is 18.3 Å². The summed E-state index contributed by atoms with van der Waals surface area (Å²) in [6, 6.07) is 7.56. The van der Waals surface area contributed by atoms with E-state index in [0.29, 0.717) is 36.2 Å². The average molecular weight is 363 g/mol. The van der Waals surface area contributed by atoms with Gasteiger partial charge in [-0.3, -0.25) is 14.8 Å². The van der Waals surface area contributed by atoms with E-state index in [1.54, 1.807) is 12.1 Å². The van der Waals surface area contributed by atoms with Gasteiger partial charge < -0.3 is 0 Å². The number of alkyl halides is 2. The molecule has 1 aromatic rings. The van der Waals surface area contributed by atoms with Crippen LogP contribution >= 0.6 is 34.8 Å². The lowest BCUT2D eigenvalue weighted by Crippen LogP contribution is -2.56. The lowest BCUT2D eigenvalue weighted by atomic mass is 10.1. The standard InChI is InChI=1S/C15H18Cl3N3O/c1-20-15(22)14(18)13(19-8-2-7-16)10-21(20)9-11-3-5-12(17)6-4-11/h3-6,14H,2,7-10H2,1H3. The maximum Gasteiger partial charge on any atom is 0.260 e. The topological polar surface area (TPSA) is 35.9 Å². The first kappa shape index (κ1) is 17.5. The zero-order valence-electron chi connectivity index (χ0n) is 12.3. The van der Waals surface area contributed by atoms with Crippen molar-refractivity contribution < 1.29 is 4.79 Å². The minimum Gasteiger partial charge on any atom is -0.291 e. The van der Waals surface area contributed by atoms with Crippen LogP contribution in [-0.4, -0.2) is 53.0 Å². The highest BCUT2D eigenvalue weighted by molar-refractivity contribution is 6.43. The smallest absolute Gasteiger partial charge is 0.260 e. The number of nitrogens with zero attached hydrogens (tertiary/aromatic N) is 3. The van der Waals surface area contributed by atoms with Crippen LogP contribution < -0.4 is 0 Å². The fraction of sp³-hybridized carbons (Fsp3) is 0.467. The van der Waals surface area contributed by atoms with Crippen LogP contribution in [-0.2, 0) is 11.3 Å². The first-order valence-corrected chi connectivity index (χ1v) is 8.38. The maximum absolute atomic E-state index is 12.2. The molecule has 4 nitrogen and oxygen atoms in total. The Balaban J connectivity index is 2.10. The summed E-state index contributed by atoms with van der Waals surface area (Å²) in [6.07, 6.45) is 0.774. The summed E-state index contributed by atoms with van der Waals surface area (Å²) in [7, 11) is 1.73. The average Bonchev–Trinajstić information content (AvgIpc) is 2.52. The van der Waals surface area contributed by atoms with Crippen LogP contribution in [0.3, 0.4) is 0 Å². The molecule has 22 heavy (non-hydrogen) atoms. The fourth-order valence-electron chi connectivity index (χ4n) is 2.19. The molecule has 1 aromatic carbocycles. The third-order valence-electron chi connectivity index (χ3n) is 3.48. The highest BCUT2D eigenvalue weighted by Crippen LogP contribution is 2.18. The van der Waals surface area contributed by atoms with E-state index in [2.05, 4.69) is 4.99 Å². The number of rotatable bonds is 5. The van der Waals surface area contributed by atoms with Crippen molar-refractivity contribution in [3.05, 3.63) is 34.9 Å². The molecular weight excluding hydrogens is 345 g/mol. The molecule has 1 unspecified atom stereocenters. The number of halogens is 3. The van der Waals surface area contributed by atoms with Crippen LogP contribution in [0.25, 0.3) is 0 Å². The molecule has 1 aliphatic rings. The minimum atomic E-state index is -0.693. The van der Waals surface area contributed by atoms with Gasteiger partial charge in [0.1, 0.15) is 0 Å². The van der Waals surface area contributed by atoms with E-state index in [1.165, 1.54) is 0 Å². The van der Waals surface area contributed by atoms with Gasteiger partial charge in [-0.1, -0.05) is 23.7 Å². The summed E-state index contributed by atoms with van der Waals surface area (Å²) in [5, 5.41) is 3.48. The van der Waals surface area contributed by atoms with Crippen molar-refractivity contribution >= 4 is 46.4 Å². The summed E-state index contributed by atoms with van der Waals surface area (Å²) in [6.45, 7) is 1.71. The Bertz CT molecular complexity index is 547. The number of carbonyl (C=O) groups is 1. The van der Waals surface area contributed by atoms with E-state index in [9.17, 15) is 4.79 Å². The second-order valence-electron chi connectivity index (χ2n) is 5.09. The van der Waals surface area contributed by atoms with Crippen LogP contribution in [0.2, 0.25) is 5.02 Å². The maximum atomic E-state index is 12.2. The molecule has 0 bridgehead atoms. The first-order chi connectivity index (χ1) is 10.5. The van der Waals surface area contributed by atoms with Crippen molar-refractivity contribution in [1.82, 2.24) is 10.0 Å². The van der Waals surface area contributed by atoms with Gasteiger partial charge in [-0.15, -0.1) is 23.2 Å². The Labute approximate surface area is 145 Å². The van der Waals surface area contributed by atoms with Gasteiger partial charge in [0.05, 0.1) is 12.3 Å². The number of hydrazine groups is 1. The quantitative estimate of drug-likeness (QED) is 0.595. The highest BCUT2D eigenvalue weighted by atomic mass is 35.5. The van der Waals surface area contributed by atoms with E-state index >= 15 is 0 Å². The second kappa shape index (κ2) is 8.16. The predicted molar refractivity (Wildman–Crippen MR) is 91.9 cm³/mol. The Morgan fingerprint density at radius 1 is 1.32 bits per heavy atom. The Morgan fingerprint density at radius 3 is 2.64 bits per heavy atom. The molecule has 120 valence electrons. The molecule has 1 amide bonds. The van der Waals surface area contributed by atoms with Crippen molar-refractivity contribution in [1.29, 1.82) is 0 Å². The van der Waals surface area contributed by atoms with Crippen molar-refractivity contribution in [3.63, 3.8) is 0 Å². The second-order valence-corrected chi connectivity index (χ2v) is 6.34. The number of amides is 1. The van der Waals surface area contributed by atoms with Gasteiger partial charge in [0, 0.05) is 31.0 Å². The highest BCUT2D eigenvalue weighted by Gasteiger charge is 2.35. The van der Waals surface area contributed by atoms with Gasteiger partial charge in [0.25, 0.3) is 5.91 Å². The van der Waals surface area contributed by atoms with Gasteiger partial charge in [0.2, 0.25) is 0 Å². The molecule has 1 aliphatic heterocycles. The molecule has 1 fully saturated rings. The van der Waals surface area contributed by atoms with Crippen LogP contribution in [0, 0.1) is 0 Å². The zero-order valence-corrected chi connectivity index (χ0v) is 14.6.